The number of nitrogens with zero attached hydrogens (tertiary/aromatic N) is 1. The van der Waals surface area contributed by atoms with Crippen molar-refractivity contribution in [1.29, 1.82) is 0 Å². The number of amides is 1. The van der Waals surface area contributed by atoms with Crippen molar-refractivity contribution < 1.29 is 9.21 Å². The summed E-state index contributed by atoms with van der Waals surface area (Å²) in [7, 11) is 1.76. The summed E-state index contributed by atoms with van der Waals surface area (Å²) in [6.45, 7) is 0.900. The molecule has 2 heterocycles. The van der Waals surface area contributed by atoms with Crippen molar-refractivity contribution in [2.45, 2.75) is 6.54 Å². The van der Waals surface area contributed by atoms with Crippen LogP contribution in [0.1, 0.15) is 20.8 Å². The van der Waals surface area contributed by atoms with Crippen molar-refractivity contribution in [3.05, 3.63) is 46.0 Å². The van der Waals surface area contributed by atoms with Crippen molar-refractivity contribution in [3.8, 4) is 11.8 Å². The highest BCUT2D eigenvalue weighted by Gasteiger charge is 2.13. The van der Waals surface area contributed by atoms with Gasteiger partial charge in [-0.05, 0) is 23.1 Å². The number of hydrogen-bond donors (Lipinski definition) is 1. The van der Waals surface area contributed by atoms with E-state index in [1.165, 1.54) is 12.5 Å². The van der Waals surface area contributed by atoms with Crippen LogP contribution in [0.15, 0.2) is 34.5 Å². The van der Waals surface area contributed by atoms with Crippen molar-refractivity contribution >= 4 is 17.2 Å². The second-order valence-corrected chi connectivity index (χ2v) is 4.91. The van der Waals surface area contributed by atoms with Gasteiger partial charge in [-0.15, -0.1) is 11.3 Å². The first-order valence-corrected chi connectivity index (χ1v) is 6.62. The van der Waals surface area contributed by atoms with Crippen LogP contribution in [0.25, 0.3) is 0 Å². The standard InChI is InChI=1S/C14H14N2O2S/c1-16(14(17)12-4-6-18-9-12)8-11-7-13(19-10-11)3-2-5-15/h4,6-7,9-10H,5,8,15H2,1H3. The van der Waals surface area contributed by atoms with Crippen molar-refractivity contribution in [1.82, 2.24) is 4.90 Å². The lowest BCUT2D eigenvalue weighted by Crippen LogP contribution is -2.25. The van der Waals surface area contributed by atoms with Crippen LogP contribution >= 0.6 is 11.3 Å². The smallest absolute Gasteiger partial charge is 0.257 e. The maximum atomic E-state index is 12.0. The number of carbonyl (C=O) groups is 1. The SMILES string of the molecule is CN(Cc1csc(C#CCN)c1)C(=O)c1ccoc1. The molecule has 0 aliphatic heterocycles. The van der Waals surface area contributed by atoms with Gasteiger partial charge < -0.3 is 15.1 Å². The molecule has 1 amide bonds. The van der Waals surface area contributed by atoms with E-state index in [-0.39, 0.29) is 5.91 Å². The molecule has 19 heavy (non-hydrogen) atoms. The predicted molar refractivity (Wildman–Crippen MR) is 74.8 cm³/mol. The molecule has 0 atom stereocenters. The maximum Gasteiger partial charge on any atom is 0.257 e. The fourth-order valence-corrected chi connectivity index (χ4v) is 2.39. The molecule has 2 N–H and O–H groups in total. The topological polar surface area (TPSA) is 59.5 Å². The third-order valence-electron chi connectivity index (χ3n) is 2.50. The van der Waals surface area contributed by atoms with Crippen LogP contribution < -0.4 is 5.73 Å². The number of thiophene rings is 1. The molecule has 4 nitrogen and oxygen atoms in total. The third kappa shape index (κ3) is 3.47. The molecule has 0 aromatic carbocycles. The minimum Gasteiger partial charge on any atom is -0.472 e. The van der Waals surface area contributed by atoms with Gasteiger partial charge in [0.25, 0.3) is 5.91 Å². The van der Waals surface area contributed by atoms with Crippen LogP contribution in [0.2, 0.25) is 0 Å². The maximum absolute atomic E-state index is 12.0. The molecule has 0 unspecified atom stereocenters. The highest BCUT2D eigenvalue weighted by molar-refractivity contribution is 7.10. The Bertz CT molecular complexity index is 605. The van der Waals surface area contributed by atoms with E-state index in [4.69, 9.17) is 10.2 Å². The van der Waals surface area contributed by atoms with E-state index in [1.807, 2.05) is 11.4 Å². The summed E-state index contributed by atoms with van der Waals surface area (Å²) >= 11 is 1.56. The molecule has 0 fully saturated rings. The second kappa shape index (κ2) is 6.23. The van der Waals surface area contributed by atoms with Crippen LogP contribution in [-0.4, -0.2) is 24.4 Å². The van der Waals surface area contributed by atoms with E-state index in [0.29, 0.717) is 18.7 Å². The van der Waals surface area contributed by atoms with Gasteiger partial charge in [0, 0.05) is 13.6 Å². The van der Waals surface area contributed by atoms with Crippen molar-refractivity contribution in [2.75, 3.05) is 13.6 Å². The van der Waals surface area contributed by atoms with E-state index in [1.54, 1.807) is 29.4 Å². The summed E-state index contributed by atoms with van der Waals surface area (Å²) in [5.41, 5.74) is 6.94. The minimum atomic E-state index is -0.0606. The molecule has 0 radical (unpaired) electrons. The molecular formula is C14H14N2O2S. The zero-order chi connectivity index (χ0) is 13.7. The zero-order valence-corrected chi connectivity index (χ0v) is 11.4. The first-order chi connectivity index (χ1) is 9.20. The molecule has 0 aliphatic carbocycles. The Hall–Kier alpha value is -2.03. The summed E-state index contributed by atoms with van der Waals surface area (Å²) in [5.74, 6) is 5.73. The largest absolute Gasteiger partial charge is 0.472 e. The zero-order valence-electron chi connectivity index (χ0n) is 10.6. The molecule has 2 aromatic heterocycles. The average Bonchev–Trinajstić information content (AvgIpc) is 3.06. The van der Waals surface area contributed by atoms with Crippen molar-refractivity contribution in [3.63, 3.8) is 0 Å². The number of nitrogens with two attached hydrogens (primary N) is 1. The number of carbonyl (C=O) groups excluding carboxylic acids is 1. The van der Waals surface area contributed by atoms with Crippen molar-refractivity contribution in [2.24, 2.45) is 5.73 Å². The summed E-state index contributed by atoms with van der Waals surface area (Å²) in [6, 6.07) is 3.64. The van der Waals surface area contributed by atoms with E-state index >= 15 is 0 Å². The van der Waals surface area contributed by atoms with Gasteiger partial charge in [0.05, 0.1) is 23.2 Å². The Morgan fingerprint density at radius 1 is 1.58 bits per heavy atom. The second-order valence-electron chi connectivity index (χ2n) is 4.00. The third-order valence-corrected chi connectivity index (χ3v) is 3.40. The van der Waals surface area contributed by atoms with Gasteiger partial charge in [-0.3, -0.25) is 4.79 Å². The van der Waals surface area contributed by atoms with Gasteiger partial charge in [-0.25, -0.2) is 0 Å². The quantitative estimate of drug-likeness (QED) is 0.870. The lowest BCUT2D eigenvalue weighted by Gasteiger charge is -2.14. The molecule has 0 aliphatic rings. The molecule has 2 rings (SSSR count). The van der Waals surface area contributed by atoms with Crippen LogP contribution in [0.5, 0.6) is 0 Å². The summed E-state index contributed by atoms with van der Waals surface area (Å²) in [6.07, 6.45) is 2.94. The highest BCUT2D eigenvalue weighted by Crippen LogP contribution is 2.16. The lowest BCUT2D eigenvalue weighted by atomic mass is 10.2. The van der Waals surface area contributed by atoms with Gasteiger partial charge >= 0.3 is 0 Å². The molecule has 0 saturated heterocycles. The highest BCUT2D eigenvalue weighted by atomic mass is 32.1. The van der Waals surface area contributed by atoms with Gasteiger partial charge in [0.15, 0.2) is 0 Å². The number of furan rings is 1. The average molecular weight is 274 g/mol. The lowest BCUT2D eigenvalue weighted by molar-refractivity contribution is 0.0784. The fraction of sp³-hybridized carbons (Fsp3) is 0.214. The summed E-state index contributed by atoms with van der Waals surface area (Å²) in [5, 5.41) is 2.00. The monoisotopic (exact) mass is 274 g/mol. The first-order valence-electron chi connectivity index (χ1n) is 5.74. The molecule has 5 heteroatoms. The molecular weight excluding hydrogens is 260 g/mol. The Kier molecular flexibility index (Phi) is 4.39. The minimum absolute atomic E-state index is 0.0606. The molecule has 98 valence electrons. The number of rotatable bonds is 3. The van der Waals surface area contributed by atoms with Crippen LogP contribution in [0.4, 0.5) is 0 Å². The van der Waals surface area contributed by atoms with E-state index in [9.17, 15) is 4.79 Å². The first kappa shape index (κ1) is 13.4. The van der Waals surface area contributed by atoms with Crippen LogP contribution in [0, 0.1) is 11.8 Å². The fourth-order valence-electron chi connectivity index (χ4n) is 1.61. The van der Waals surface area contributed by atoms with Crippen LogP contribution in [-0.2, 0) is 6.54 Å². The molecule has 0 saturated carbocycles. The molecule has 2 aromatic rings. The van der Waals surface area contributed by atoms with E-state index < -0.39 is 0 Å². The van der Waals surface area contributed by atoms with Gasteiger partial charge in [-0.2, -0.15) is 0 Å². The summed E-state index contributed by atoms with van der Waals surface area (Å²) < 4.78 is 4.91. The van der Waals surface area contributed by atoms with Crippen LogP contribution in [0.3, 0.4) is 0 Å². The van der Waals surface area contributed by atoms with Gasteiger partial charge in [0.1, 0.15) is 6.26 Å². The van der Waals surface area contributed by atoms with E-state index in [0.717, 1.165) is 10.4 Å². The molecule has 0 bridgehead atoms. The number of hydrogen-bond acceptors (Lipinski definition) is 4. The normalized spacial score (nSPS) is 9.79. The summed E-state index contributed by atoms with van der Waals surface area (Å²) in [4.78, 5) is 14.6. The Balaban J connectivity index is 2.01. The Morgan fingerprint density at radius 2 is 2.42 bits per heavy atom. The Morgan fingerprint density at radius 3 is 3.11 bits per heavy atom. The predicted octanol–water partition coefficient (Wildman–Crippen LogP) is 1.92. The van der Waals surface area contributed by atoms with Gasteiger partial charge in [-0.1, -0.05) is 11.8 Å². The molecule has 0 spiro atoms. The van der Waals surface area contributed by atoms with E-state index in [2.05, 4.69) is 11.8 Å². The Labute approximate surface area is 115 Å². The van der Waals surface area contributed by atoms with Gasteiger partial charge in [0.2, 0.25) is 0 Å².